The fourth-order valence-electron chi connectivity index (χ4n) is 1.67. The standard InChI is InChI=1S/C13H29N3O5SSi/c1-13(2,3)23(5,6)21-12(8-15-16-14)7-11(9-17)10-20-22(4,18)19/h11-12,17H,7-10H2,1-6H3/t11-,12-/m0/s1. The van der Waals surface area contributed by atoms with Gasteiger partial charge in [0, 0.05) is 17.4 Å². The molecule has 0 aromatic carbocycles. The van der Waals surface area contributed by atoms with Crippen LogP contribution < -0.4 is 0 Å². The van der Waals surface area contributed by atoms with Crippen molar-refractivity contribution in [1.29, 1.82) is 0 Å². The molecule has 0 amide bonds. The number of azide groups is 1. The lowest BCUT2D eigenvalue weighted by Gasteiger charge is -2.39. The molecular formula is C13H29N3O5SSi. The van der Waals surface area contributed by atoms with Crippen molar-refractivity contribution in [3.05, 3.63) is 10.4 Å². The maximum Gasteiger partial charge on any atom is 0.264 e. The first-order valence-electron chi connectivity index (χ1n) is 7.46. The fraction of sp³-hybridized carbons (Fsp3) is 1.00. The smallest absolute Gasteiger partial charge is 0.264 e. The average molecular weight is 368 g/mol. The van der Waals surface area contributed by atoms with Gasteiger partial charge in [-0.25, -0.2) is 0 Å². The van der Waals surface area contributed by atoms with Crippen molar-refractivity contribution < 1.29 is 22.1 Å². The van der Waals surface area contributed by atoms with E-state index in [1.54, 1.807) is 0 Å². The first-order chi connectivity index (χ1) is 10.3. The second-order valence-corrected chi connectivity index (χ2v) is 13.6. The van der Waals surface area contributed by atoms with Crippen molar-refractivity contribution in [3.8, 4) is 0 Å². The summed E-state index contributed by atoms with van der Waals surface area (Å²) in [7, 11) is -5.65. The first kappa shape index (κ1) is 22.4. The molecular weight excluding hydrogens is 338 g/mol. The Morgan fingerprint density at radius 3 is 2.30 bits per heavy atom. The largest absolute Gasteiger partial charge is 0.414 e. The number of rotatable bonds is 10. The second kappa shape index (κ2) is 9.00. The van der Waals surface area contributed by atoms with E-state index >= 15 is 0 Å². The Bertz CT molecular complexity index is 512. The molecule has 8 nitrogen and oxygen atoms in total. The van der Waals surface area contributed by atoms with Gasteiger partial charge < -0.3 is 9.53 Å². The van der Waals surface area contributed by atoms with Gasteiger partial charge in [-0.3, -0.25) is 4.18 Å². The molecule has 0 bridgehead atoms. The van der Waals surface area contributed by atoms with Crippen LogP contribution in [-0.2, 0) is 18.7 Å². The molecule has 0 radical (unpaired) electrons. The van der Waals surface area contributed by atoms with Gasteiger partial charge in [-0.1, -0.05) is 25.9 Å². The van der Waals surface area contributed by atoms with Crippen LogP contribution in [0.3, 0.4) is 0 Å². The van der Waals surface area contributed by atoms with E-state index in [1.807, 2.05) is 0 Å². The van der Waals surface area contributed by atoms with Gasteiger partial charge in [0.05, 0.1) is 25.5 Å². The molecule has 0 aliphatic carbocycles. The zero-order valence-electron chi connectivity index (χ0n) is 14.8. The van der Waals surface area contributed by atoms with Gasteiger partial charge in [0.2, 0.25) is 0 Å². The highest BCUT2D eigenvalue weighted by Crippen LogP contribution is 2.38. The summed E-state index contributed by atoms with van der Waals surface area (Å²) in [5.41, 5.74) is 8.54. The van der Waals surface area contributed by atoms with Gasteiger partial charge in [0.15, 0.2) is 8.32 Å². The molecule has 0 saturated carbocycles. The molecule has 0 fully saturated rings. The second-order valence-electron chi connectivity index (χ2n) is 7.19. The van der Waals surface area contributed by atoms with Crippen LogP contribution in [-0.4, -0.2) is 54.0 Å². The molecule has 23 heavy (non-hydrogen) atoms. The summed E-state index contributed by atoms with van der Waals surface area (Å²) < 4.78 is 33.1. The topological polar surface area (TPSA) is 122 Å². The molecule has 0 aliphatic heterocycles. The van der Waals surface area contributed by atoms with Crippen LogP contribution in [0.5, 0.6) is 0 Å². The van der Waals surface area contributed by atoms with Gasteiger partial charge in [-0.15, -0.1) is 0 Å². The average Bonchev–Trinajstić information content (AvgIpc) is 2.37. The van der Waals surface area contributed by atoms with E-state index in [0.717, 1.165) is 6.26 Å². The molecule has 10 heteroatoms. The third kappa shape index (κ3) is 9.29. The summed E-state index contributed by atoms with van der Waals surface area (Å²) in [6, 6.07) is 0. The van der Waals surface area contributed by atoms with E-state index in [-0.39, 0.29) is 30.9 Å². The van der Waals surface area contributed by atoms with Crippen LogP contribution in [0.4, 0.5) is 0 Å². The lowest BCUT2D eigenvalue weighted by atomic mass is 10.0. The number of nitrogens with zero attached hydrogens (tertiary/aromatic N) is 3. The summed E-state index contributed by atoms with van der Waals surface area (Å²) in [6.45, 7) is 10.2. The Labute approximate surface area is 140 Å². The number of aliphatic hydroxyl groups is 1. The van der Waals surface area contributed by atoms with Crippen molar-refractivity contribution in [3.63, 3.8) is 0 Å². The monoisotopic (exact) mass is 367 g/mol. The molecule has 0 saturated heterocycles. The maximum atomic E-state index is 11.1. The summed E-state index contributed by atoms with van der Waals surface area (Å²) in [4.78, 5) is 2.76. The highest BCUT2D eigenvalue weighted by atomic mass is 32.2. The van der Waals surface area contributed by atoms with Gasteiger partial charge in [-0.05, 0) is 30.1 Å². The Kier molecular flexibility index (Phi) is 8.75. The molecule has 136 valence electrons. The SMILES string of the molecule is CC(C)(C)[Si](C)(C)O[C@H](CN=[N+]=[N-])C[C@@H](CO)COS(C)(=O)=O. The Morgan fingerprint density at radius 1 is 1.35 bits per heavy atom. The predicted octanol–water partition coefficient (Wildman–Crippen LogP) is 2.66. The molecule has 0 aromatic rings. The Morgan fingerprint density at radius 2 is 1.91 bits per heavy atom. The van der Waals surface area contributed by atoms with E-state index in [4.69, 9.17) is 14.1 Å². The summed E-state index contributed by atoms with van der Waals surface area (Å²) in [5, 5.41) is 13.0. The predicted molar refractivity (Wildman–Crippen MR) is 92.1 cm³/mol. The number of aliphatic hydroxyl groups excluding tert-OH is 1. The summed E-state index contributed by atoms with van der Waals surface area (Å²) in [6.07, 6.45) is 0.940. The van der Waals surface area contributed by atoms with Crippen LogP contribution in [0.1, 0.15) is 27.2 Å². The molecule has 1 N–H and O–H groups in total. The van der Waals surface area contributed by atoms with Crippen LogP contribution in [0, 0.1) is 5.92 Å². The molecule has 0 spiro atoms. The van der Waals surface area contributed by atoms with E-state index < -0.39 is 24.4 Å². The Balaban J connectivity index is 4.98. The third-order valence-electron chi connectivity index (χ3n) is 3.99. The normalized spacial score (nSPS) is 15.8. The van der Waals surface area contributed by atoms with Crippen molar-refractivity contribution >= 4 is 18.4 Å². The van der Waals surface area contributed by atoms with E-state index in [1.165, 1.54) is 0 Å². The highest BCUT2D eigenvalue weighted by Gasteiger charge is 2.39. The quantitative estimate of drug-likeness (QED) is 0.209. The lowest BCUT2D eigenvalue weighted by molar-refractivity contribution is 0.101. The van der Waals surface area contributed by atoms with Crippen molar-refractivity contribution in [1.82, 2.24) is 0 Å². The first-order valence-corrected chi connectivity index (χ1v) is 12.2. The fourth-order valence-corrected chi connectivity index (χ4v) is 3.47. The van der Waals surface area contributed by atoms with E-state index in [9.17, 15) is 13.5 Å². The van der Waals surface area contributed by atoms with Gasteiger partial charge >= 0.3 is 0 Å². The van der Waals surface area contributed by atoms with E-state index in [0.29, 0.717) is 6.42 Å². The number of hydrogen-bond donors (Lipinski definition) is 1. The van der Waals surface area contributed by atoms with Crippen LogP contribution in [0.25, 0.3) is 10.4 Å². The van der Waals surface area contributed by atoms with Crippen molar-refractivity contribution in [2.75, 3.05) is 26.0 Å². The lowest BCUT2D eigenvalue weighted by Crippen LogP contribution is -2.45. The summed E-state index contributed by atoms with van der Waals surface area (Å²) in [5.74, 6) is -0.409. The minimum Gasteiger partial charge on any atom is -0.414 e. The maximum absolute atomic E-state index is 11.1. The van der Waals surface area contributed by atoms with E-state index in [2.05, 4.69) is 43.9 Å². The van der Waals surface area contributed by atoms with Gasteiger partial charge in [-0.2, -0.15) is 8.42 Å². The minimum atomic E-state index is -3.57. The Hall–Kier alpha value is -0.643. The van der Waals surface area contributed by atoms with Crippen molar-refractivity contribution in [2.45, 2.75) is 51.4 Å². The highest BCUT2D eigenvalue weighted by molar-refractivity contribution is 7.85. The third-order valence-corrected chi connectivity index (χ3v) is 9.09. The van der Waals surface area contributed by atoms with Crippen molar-refractivity contribution in [2.24, 2.45) is 11.0 Å². The molecule has 2 atom stereocenters. The molecule has 0 aromatic heterocycles. The summed E-state index contributed by atoms with van der Waals surface area (Å²) >= 11 is 0. The van der Waals surface area contributed by atoms with Gasteiger partial charge in [0.25, 0.3) is 10.1 Å². The van der Waals surface area contributed by atoms with Gasteiger partial charge in [0.1, 0.15) is 0 Å². The zero-order valence-corrected chi connectivity index (χ0v) is 16.6. The minimum absolute atomic E-state index is 0.0143. The van der Waals surface area contributed by atoms with Crippen LogP contribution in [0.15, 0.2) is 5.11 Å². The zero-order chi connectivity index (χ0) is 18.3. The van der Waals surface area contributed by atoms with Crippen LogP contribution in [0.2, 0.25) is 18.1 Å². The number of hydrogen-bond acceptors (Lipinski definition) is 6. The molecule has 0 heterocycles. The molecule has 0 unspecified atom stereocenters. The van der Waals surface area contributed by atoms with Crippen LogP contribution >= 0.6 is 0 Å². The molecule has 0 rings (SSSR count). The molecule has 0 aliphatic rings.